The fraction of sp³-hybridized carbons (Fsp3) is 0.533. The highest BCUT2D eigenvalue weighted by Crippen LogP contribution is 2.44. The minimum atomic E-state index is 0.0370. The van der Waals surface area contributed by atoms with Gasteiger partial charge in [0.2, 0.25) is 5.91 Å². The normalized spacial score (nSPS) is 26.4. The third kappa shape index (κ3) is 2.49. The van der Waals surface area contributed by atoms with E-state index in [4.69, 9.17) is 16.3 Å². The molecule has 0 aromatic heterocycles. The van der Waals surface area contributed by atoms with E-state index in [1.807, 2.05) is 6.07 Å². The van der Waals surface area contributed by atoms with E-state index in [9.17, 15) is 4.79 Å². The SMILES string of the molecule is CCC1OCCC1C(Br)c1cc2c(cc1Cl)NC(=O)C2. The molecule has 1 N–H and O–H groups in total. The van der Waals surface area contributed by atoms with E-state index in [-0.39, 0.29) is 16.8 Å². The highest BCUT2D eigenvalue weighted by Gasteiger charge is 2.34. The van der Waals surface area contributed by atoms with Crippen molar-refractivity contribution < 1.29 is 9.53 Å². The van der Waals surface area contributed by atoms with Crippen molar-refractivity contribution >= 4 is 39.1 Å². The second-order valence-corrected chi connectivity index (χ2v) is 6.82. The lowest BCUT2D eigenvalue weighted by Gasteiger charge is -2.24. The maximum absolute atomic E-state index is 11.5. The van der Waals surface area contributed by atoms with Crippen molar-refractivity contribution in [3.8, 4) is 0 Å². The molecule has 3 unspecified atom stereocenters. The third-order valence-electron chi connectivity index (χ3n) is 4.18. The third-order valence-corrected chi connectivity index (χ3v) is 5.68. The summed E-state index contributed by atoms with van der Waals surface area (Å²) in [5.74, 6) is 0.468. The van der Waals surface area contributed by atoms with E-state index < -0.39 is 0 Å². The highest BCUT2D eigenvalue weighted by atomic mass is 79.9. The monoisotopic (exact) mass is 357 g/mol. The van der Waals surface area contributed by atoms with Crippen LogP contribution in [0.3, 0.4) is 0 Å². The van der Waals surface area contributed by atoms with Crippen molar-refractivity contribution in [2.75, 3.05) is 11.9 Å². The van der Waals surface area contributed by atoms with Gasteiger partial charge in [0, 0.05) is 28.1 Å². The van der Waals surface area contributed by atoms with Gasteiger partial charge in [-0.05, 0) is 30.0 Å². The van der Waals surface area contributed by atoms with Crippen LogP contribution in [0.15, 0.2) is 12.1 Å². The van der Waals surface area contributed by atoms with E-state index in [2.05, 4.69) is 34.2 Å². The van der Waals surface area contributed by atoms with E-state index in [1.165, 1.54) is 0 Å². The zero-order valence-corrected chi connectivity index (χ0v) is 13.6. The molecule has 108 valence electrons. The number of benzene rings is 1. The van der Waals surface area contributed by atoms with Crippen LogP contribution in [0.1, 0.15) is 35.7 Å². The number of carbonyl (C=O) groups excluding carboxylic acids is 1. The van der Waals surface area contributed by atoms with Crippen LogP contribution in [-0.2, 0) is 16.0 Å². The molecule has 5 heteroatoms. The summed E-state index contributed by atoms with van der Waals surface area (Å²) >= 11 is 10.2. The summed E-state index contributed by atoms with van der Waals surface area (Å²) in [7, 11) is 0. The number of ether oxygens (including phenoxy) is 1. The molecule has 1 amide bonds. The zero-order chi connectivity index (χ0) is 14.3. The molecular weight excluding hydrogens is 342 g/mol. The summed E-state index contributed by atoms with van der Waals surface area (Å²) in [5.41, 5.74) is 2.94. The van der Waals surface area contributed by atoms with Gasteiger partial charge in [-0.25, -0.2) is 0 Å². The molecule has 1 aromatic carbocycles. The number of carbonyl (C=O) groups is 1. The lowest BCUT2D eigenvalue weighted by molar-refractivity contribution is -0.115. The average molecular weight is 359 g/mol. The van der Waals surface area contributed by atoms with Gasteiger partial charge in [-0.1, -0.05) is 40.5 Å². The summed E-state index contributed by atoms with van der Waals surface area (Å²) in [6.45, 7) is 2.96. The smallest absolute Gasteiger partial charge is 0.228 e. The molecule has 0 radical (unpaired) electrons. The van der Waals surface area contributed by atoms with Crippen LogP contribution in [0.4, 0.5) is 5.69 Å². The van der Waals surface area contributed by atoms with E-state index in [1.54, 1.807) is 0 Å². The summed E-state index contributed by atoms with van der Waals surface area (Å²) in [6, 6.07) is 3.92. The van der Waals surface area contributed by atoms with Gasteiger partial charge in [-0.3, -0.25) is 4.79 Å². The van der Waals surface area contributed by atoms with Gasteiger partial charge in [0.05, 0.1) is 12.5 Å². The molecule has 0 aliphatic carbocycles. The summed E-state index contributed by atoms with van der Waals surface area (Å²) < 4.78 is 5.77. The number of amides is 1. The van der Waals surface area contributed by atoms with Crippen LogP contribution in [0.5, 0.6) is 0 Å². The van der Waals surface area contributed by atoms with Crippen LogP contribution in [0.2, 0.25) is 5.02 Å². The fourth-order valence-corrected chi connectivity index (χ4v) is 4.53. The highest BCUT2D eigenvalue weighted by molar-refractivity contribution is 9.09. The van der Waals surface area contributed by atoms with Gasteiger partial charge in [0.1, 0.15) is 0 Å². The van der Waals surface area contributed by atoms with Crippen LogP contribution in [-0.4, -0.2) is 18.6 Å². The van der Waals surface area contributed by atoms with Crippen molar-refractivity contribution in [2.45, 2.75) is 37.1 Å². The Morgan fingerprint density at radius 1 is 1.55 bits per heavy atom. The van der Waals surface area contributed by atoms with Crippen LogP contribution < -0.4 is 5.32 Å². The Labute approximate surface area is 132 Å². The molecule has 3 rings (SSSR count). The van der Waals surface area contributed by atoms with Crippen LogP contribution in [0, 0.1) is 5.92 Å². The van der Waals surface area contributed by atoms with Gasteiger partial charge in [0.15, 0.2) is 0 Å². The van der Waals surface area contributed by atoms with Gasteiger partial charge in [-0.2, -0.15) is 0 Å². The molecule has 20 heavy (non-hydrogen) atoms. The van der Waals surface area contributed by atoms with E-state index in [0.29, 0.717) is 17.4 Å². The summed E-state index contributed by atoms with van der Waals surface area (Å²) in [5, 5.41) is 3.53. The number of rotatable bonds is 3. The Morgan fingerprint density at radius 3 is 3.10 bits per heavy atom. The molecule has 2 aliphatic rings. The summed E-state index contributed by atoms with van der Waals surface area (Å²) in [4.78, 5) is 11.6. The van der Waals surface area contributed by atoms with Gasteiger partial charge < -0.3 is 10.1 Å². The van der Waals surface area contributed by atoms with Gasteiger partial charge in [0.25, 0.3) is 0 Å². The predicted molar refractivity (Wildman–Crippen MR) is 83.6 cm³/mol. The fourth-order valence-electron chi connectivity index (χ4n) is 3.13. The molecule has 0 saturated carbocycles. The first-order chi connectivity index (χ1) is 9.60. The number of alkyl halides is 1. The van der Waals surface area contributed by atoms with Gasteiger partial charge in [-0.15, -0.1) is 0 Å². The molecule has 0 spiro atoms. The van der Waals surface area contributed by atoms with Crippen molar-refractivity contribution in [3.63, 3.8) is 0 Å². The van der Waals surface area contributed by atoms with Crippen molar-refractivity contribution in [1.82, 2.24) is 0 Å². The molecule has 0 bridgehead atoms. The Bertz CT molecular complexity index is 549. The molecule has 1 aromatic rings. The molecule has 1 saturated heterocycles. The summed E-state index contributed by atoms with van der Waals surface area (Å²) in [6.07, 6.45) is 2.77. The molecule has 1 fully saturated rings. The second-order valence-electron chi connectivity index (χ2n) is 5.43. The average Bonchev–Trinajstić information content (AvgIpc) is 3.01. The Hall–Kier alpha value is -0.580. The Morgan fingerprint density at radius 2 is 2.35 bits per heavy atom. The number of halogens is 2. The predicted octanol–water partition coefficient (Wildman–Crippen LogP) is 4.09. The molecule has 3 atom stereocenters. The quantitative estimate of drug-likeness (QED) is 0.827. The first-order valence-corrected chi connectivity index (χ1v) is 8.27. The molecule has 2 aliphatic heterocycles. The largest absolute Gasteiger partial charge is 0.378 e. The van der Waals surface area contributed by atoms with Crippen LogP contribution in [0.25, 0.3) is 0 Å². The zero-order valence-electron chi connectivity index (χ0n) is 11.3. The van der Waals surface area contributed by atoms with E-state index in [0.717, 1.165) is 36.3 Å². The second kappa shape index (κ2) is 5.66. The van der Waals surface area contributed by atoms with Crippen molar-refractivity contribution in [3.05, 3.63) is 28.3 Å². The number of hydrogen-bond donors (Lipinski definition) is 1. The first-order valence-electron chi connectivity index (χ1n) is 6.98. The minimum absolute atomic E-state index is 0.0370. The topological polar surface area (TPSA) is 38.3 Å². The van der Waals surface area contributed by atoms with Crippen LogP contribution >= 0.6 is 27.5 Å². The Balaban J connectivity index is 1.90. The van der Waals surface area contributed by atoms with E-state index >= 15 is 0 Å². The molecular formula is C15H17BrClNO2. The number of hydrogen-bond acceptors (Lipinski definition) is 2. The van der Waals surface area contributed by atoms with Gasteiger partial charge >= 0.3 is 0 Å². The first kappa shape index (κ1) is 14.4. The number of fused-ring (bicyclic) bond motifs is 1. The molecule has 3 nitrogen and oxygen atoms in total. The van der Waals surface area contributed by atoms with Crippen molar-refractivity contribution in [2.24, 2.45) is 5.92 Å². The maximum Gasteiger partial charge on any atom is 0.228 e. The maximum atomic E-state index is 11.5. The lowest BCUT2D eigenvalue weighted by atomic mass is 9.91. The minimum Gasteiger partial charge on any atom is -0.378 e. The molecule has 2 heterocycles. The number of nitrogens with one attached hydrogen (secondary N) is 1. The lowest BCUT2D eigenvalue weighted by Crippen LogP contribution is -2.19. The number of anilines is 1. The van der Waals surface area contributed by atoms with Crippen molar-refractivity contribution in [1.29, 1.82) is 0 Å². The standard InChI is InChI=1S/C15H17BrClNO2/c1-2-13-9(3-4-20-13)15(16)10-5-8-6-14(19)18-12(8)7-11(10)17/h5,7,9,13,15H,2-4,6H2,1H3,(H,18,19). The Kier molecular flexibility index (Phi) is 4.07.